The molecule has 0 aliphatic heterocycles. The van der Waals surface area contributed by atoms with Crippen molar-refractivity contribution in [3.8, 4) is 0 Å². The molecule has 0 saturated carbocycles. The normalized spacial score (nSPS) is 8.27. The Balaban J connectivity index is -0.000000202. The first-order chi connectivity index (χ1) is 7.04. The van der Waals surface area contributed by atoms with E-state index in [1.165, 1.54) is 0 Å². The molecule has 1 amide bonds. The maximum Gasteiger partial charge on any atom is 0.219 e. The highest BCUT2D eigenvalue weighted by Gasteiger charge is 1.94. The van der Waals surface area contributed by atoms with Gasteiger partial charge in [0.2, 0.25) is 5.91 Å². The van der Waals surface area contributed by atoms with Gasteiger partial charge in [-0.15, -0.1) is 0 Å². The summed E-state index contributed by atoms with van der Waals surface area (Å²) >= 11 is 0. The van der Waals surface area contributed by atoms with E-state index in [4.69, 9.17) is 0 Å². The summed E-state index contributed by atoms with van der Waals surface area (Å²) in [5.41, 5.74) is 0. The smallest absolute Gasteiger partial charge is 0.219 e. The van der Waals surface area contributed by atoms with Crippen molar-refractivity contribution in [1.29, 1.82) is 0 Å². The van der Waals surface area contributed by atoms with Crippen molar-refractivity contribution in [2.45, 2.75) is 67.7 Å². The maximum absolute atomic E-state index is 10.7. The third-order valence-electron chi connectivity index (χ3n) is 1.05. The molecule has 0 aromatic heterocycles. The van der Waals surface area contributed by atoms with Crippen LogP contribution in [0.15, 0.2) is 0 Å². The molecule has 0 unspecified atom stereocenters. The molecule has 0 aliphatic carbocycles. The van der Waals surface area contributed by atoms with Crippen LogP contribution >= 0.6 is 0 Å². The molecule has 0 atom stereocenters. The van der Waals surface area contributed by atoms with Gasteiger partial charge in [-0.2, -0.15) is 0 Å². The maximum atomic E-state index is 10.7. The van der Waals surface area contributed by atoms with E-state index in [1.807, 2.05) is 27.7 Å². The zero-order chi connectivity index (χ0) is 12.7. The highest BCUT2D eigenvalue weighted by molar-refractivity contribution is 5.75. The number of rotatable bonds is 4. The standard InChI is InChI=1S/C7H15NO.C4H10.C2H6/c1-3-5-7(9)8-6-4-2;1-4(2)3;1-2/h3-6H2,1-2H3,(H,8,9);4H,1-3H3;1-2H3. The van der Waals surface area contributed by atoms with Crippen LogP contribution in [0.2, 0.25) is 0 Å². The molecule has 2 heteroatoms. The fraction of sp³-hybridized carbons (Fsp3) is 0.923. The van der Waals surface area contributed by atoms with E-state index in [0.29, 0.717) is 6.42 Å². The van der Waals surface area contributed by atoms with E-state index in [1.54, 1.807) is 0 Å². The zero-order valence-corrected chi connectivity index (χ0v) is 11.8. The van der Waals surface area contributed by atoms with E-state index in [0.717, 1.165) is 25.3 Å². The van der Waals surface area contributed by atoms with E-state index in [9.17, 15) is 4.79 Å². The van der Waals surface area contributed by atoms with Crippen molar-refractivity contribution in [2.75, 3.05) is 6.54 Å². The largest absolute Gasteiger partial charge is 0.356 e. The Hall–Kier alpha value is -0.530. The second kappa shape index (κ2) is 19.1. The Labute approximate surface area is 96.8 Å². The van der Waals surface area contributed by atoms with Crippen LogP contribution in [0.4, 0.5) is 0 Å². The molecular formula is C13H31NO. The lowest BCUT2D eigenvalue weighted by Crippen LogP contribution is -2.23. The van der Waals surface area contributed by atoms with E-state index >= 15 is 0 Å². The zero-order valence-electron chi connectivity index (χ0n) is 11.8. The molecule has 2 nitrogen and oxygen atoms in total. The van der Waals surface area contributed by atoms with Crippen molar-refractivity contribution in [3.63, 3.8) is 0 Å². The van der Waals surface area contributed by atoms with Crippen molar-refractivity contribution in [2.24, 2.45) is 5.92 Å². The monoisotopic (exact) mass is 217 g/mol. The van der Waals surface area contributed by atoms with Gasteiger partial charge < -0.3 is 5.32 Å². The van der Waals surface area contributed by atoms with Crippen LogP contribution in [0.1, 0.15) is 67.7 Å². The molecule has 0 fully saturated rings. The van der Waals surface area contributed by atoms with Gasteiger partial charge in [0.25, 0.3) is 0 Å². The summed E-state index contributed by atoms with van der Waals surface area (Å²) in [7, 11) is 0. The Morgan fingerprint density at radius 3 is 1.73 bits per heavy atom. The van der Waals surface area contributed by atoms with Gasteiger partial charge in [-0.05, 0) is 18.8 Å². The highest BCUT2D eigenvalue weighted by Crippen LogP contribution is 1.84. The van der Waals surface area contributed by atoms with Gasteiger partial charge in [-0.3, -0.25) is 4.79 Å². The van der Waals surface area contributed by atoms with Crippen LogP contribution in [0.3, 0.4) is 0 Å². The van der Waals surface area contributed by atoms with Gasteiger partial charge in [-0.25, -0.2) is 0 Å². The number of carbonyl (C=O) groups is 1. The third-order valence-corrected chi connectivity index (χ3v) is 1.05. The summed E-state index contributed by atoms with van der Waals surface area (Å²) in [6.07, 6.45) is 2.63. The molecule has 0 saturated heterocycles. The van der Waals surface area contributed by atoms with E-state index < -0.39 is 0 Å². The second-order valence-electron chi connectivity index (χ2n) is 3.83. The minimum Gasteiger partial charge on any atom is -0.356 e. The Kier molecular flexibility index (Phi) is 25.4. The summed E-state index contributed by atoms with van der Waals surface area (Å²) in [6.45, 7) is 15.4. The molecule has 0 rings (SSSR count). The van der Waals surface area contributed by atoms with Gasteiger partial charge in [0.15, 0.2) is 0 Å². The van der Waals surface area contributed by atoms with Gasteiger partial charge in [0.05, 0.1) is 0 Å². The molecule has 1 N–H and O–H groups in total. The van der Waals surface area contributed by atoms with Gasteiger partial charge in [0.1, 0.15) is 0 Å². The van der Waals surface area contributed by atoms with Crippen LogP contribution in [0.25, 0.3) is 0 Å². The lowest BCUT2D eigenvalue weighted by atomic mass is 10.3. The van der Waals surface area contributed by atoms with Crippen LogP contribution in [0, 0.1) is 5.92 Å². The molecular weight excluding hydrogens is 186 g/mol. The summed E-state index contributed by atoms with van der Waals surface area (Å²) < 4.78 is 0. The van der Waals surface area contributed by atoms with Gasteiger partial charge in [-0.1, -0.05) is 48.5 Å². The van der Waals surface area contributed by atoms with Gasteiger partial charge in [0, 0.05) is 13.0 Å². The Bertz CT molecular complexity index is 108. The first kappa shape index (κ1) is 20.0. The van der Waals surface area contributed by atoms with Crippen LogP contribution in [-0.4, -0.2) is 12.5 Å². The second-order valence-corrected chi connectivity index (χ2v) is 3.83. The number of hydrogen-bond donors (Lipinski definition) is 1. The molecule has 0 heterocycles. The SMILES string of the molecule is CC.CC(C)C.CCCNC(=O)CCC. The number of amides is 1. The molecule has 0 aliphatic rings. The first-order valence-corrected chi connectivity index (χ1v) is 6.31. The van der Waals surface area contributed by atoms with E-state index in [-0.39, 0.29) is 5.91 Å². The van der Waals surface area contributed by atoms with Crippen LogP contribution in [0.5, 0.6) is 0 Å². The van der Waals surface area contributed by atoms with Crippen molar-refractivity contribution >= 4 is 5.91 Å². The molecule has 15 heavy (non-hydrogen) atoms. The quantitative estimate of drug-likeness (QED) is 0.757. The molecule has 0 bridgehead atoms. The summed E-state index contributed by atoms with van der Waals surface area (Å²) in [4.78, 5) is 10.7. The number of hydrogen-bond acceptors (Lipinski definition) is 1. The lowest BCUT2D eigenvalue weighted by Gasteiger charge is -1.99. The minimum absolute atomic E-state index is 0.180. The molecule has 0 aromatic rings. The fourth-order valence-corrected chi connectivity index (χ4v) is 0.580. The predicted molar refractivity (Wildman–Crippen MR) is 70.1 cm³/mol. The molecule has 0 aromatic carbocycles. The topological polar surface area (TPSA) is 29.1 Å². The van der Waals surface area contributed by atoms with Crippen molar-refractivity contribution < 1.29 is 4.79 Å². The van der Waals surface area contributed by atoms with Crippen LogP contribution < -0.4 is 5.32 Å². The number of carbonyl (C=O) groups excluding carboxylic acids is 1. The average Bonchev–Trinajstić information content (AvgIpc) is 2.17. The first-order valence-electron chi connectivity index (χ1n) is 6.31. The van der Waals surface area contributed by atoms with Crippen LogP contribution in [-0.2, 0) is 4.79 Å². The summed E-state index contributed by atoms with van der Waals surface area (Å²) in [6, 6.07) is 0. The molecule has 0 spiro atoms. The van der Waals surface area contributed by atoms with E-state index in [2.05, 4.69) is 26.1 Å². The highest BCUT2D eigenvalue weighted by atomic mass is 16.1. The lowest BCUT2D eigenvalue weighted by molar-refractivity contribution is -0.121. The van der Waals surface area contributed by atoms with Gasteiger partial charge >= 0.3 is 0 Å². The average molecular weight is 217 g/mol. The Morgan fingerprint density at radius 1 is 1.07 bits per heavy atom. The minimum atomic E-state index is 0.180. The number of nitrogens with one attached hydrogen (secondary N) is 1. The molecule has 94 valence electrons. The fourth-order valence-electron chi connectivity index (χ4n) is 0.580. The predicted octanol–water partition coefficient (Wildman–Crippen LogP) is 4.00. The summed E-state index contributed by atoms with van der Waals surface area (Å²) in [5.74, 6) is 1.01. The van der Waals surface area contributed by atoms with Crippen molar-refractivity contribution in [3.05, 3.63) is 0 Å². The van der Waals surface area contributed by atoms with Crippen molar-refractivity contribution in [1.82, 2.24) is 5.32 Å². The summed E-state index contributed by atoms with van der Waals surface area (Å²) in [5, 5.41) is 2.79. The molecule has 0 radical (unpaired) electrons. The Morgan fingerprint density at radius 2 is 1.47 bits per heavy atom. The third kappa shape index (κ3) is 42.3.